The topological polar surface area (TPSA) is 72.5 Å². The molecule has 1 aromatic heterocycles. The Labute approximate surface area is 141 Å². The third-order valence-corrected chi connectivity index (χ3v) is 3.60. The van der Waals surface area contributed by atoms with Gasteiger partial charge in [-0.05, 0) is 29.7 Å². The maximum absolute atomic E-state index is 12.3. The molecule has 0 aliphatic carbocycles. The van der Waals surface area contributed by atoms with Crippen molar-refractivity contribution in [3.8, 4) is 11.5 Å². The van der Waals surface area contributed by atoms with Gasteiger partial charge in [0.25, 0.3) is 5.91 Å². The average molecular weight is 327 g/mol. The molecule has 1 amide bonds. The van der Waals surface area contributed by atoms with Crippen molar-refractivity contribution in [2.24, 2.45) is 5.92 Å². The van der Waals surface area contributed by atoms with Crippen LogP contribution in [0.1, 0.15) is 29.8 Å². The van der Waals surface area contributed by atoms with Gasteiger partial charge in [0.2, 0.25) is 6.79 Å². The van der Waals surface area contributed by atoms with Crippen LogP contribution in [0.2, 0.25) is 0 Å². The normalized spacial score (nSPS) is 12.3. The Bertz CT molecular complexity index is 731. The SMILES string of the molecule is CC(C)CNc1cncc(C(=O)NCc2ccc3c(c2)OCO3)c1. The highest BCUT2D eigenvalue weighted by Crippen LogP contribution is 2.32. The first-order valence-electron chi connectivity index (χ1n) is 7.97. The van der Waals surface area contributed by atoms with Gasteiger partial charge in [0.1, 0.15) is 0 Å². The largest absolute Gasteiger partial charge is 0.454 e. The highest BCUT2D eigenvalue weighted by Gasteiger charge is 2.14. The quantitative estimate of drug-likeness (QED) is 0.853. The summed E-state index contributed by atoms with van der Waals surface area (Å²) in [6.07, 6.45) is 3.28. The number of benzene rings is 1. The van der Waals surface area contributed by atoms with Gasteiger partial charge in [0.15, 0.2) is 11.5 Å². The number of anilines is 1. The lowest BCUT2D eigenvalue weighted by Gasteiger charge is -2.10. The van der Waals surface area contributed by atoms with E-state index in [-0.39, 0.29) is 12.7 Å². The predicted octanol–water partition coefficient (Wildman–Crippen LogP) is 2.81. The third kappa shape index (κ3) is 3.95. The van der Waals surface area contributed by atoms with Gasteiger partial charge in [-0.1, -0.05) is 19.9 Å². The lowest BCUT2D eigenvalue weighted by atomic mass is 10.2. The lowest BCUT2D eigenvalue weighted by Crippen LogP contribution is -2.23. The van der Waals surface area contributed by atoms with E-state index in [1.54, 1.807) is 12.4 Å². The van der Waals surface area contributed by atoms with Gasteiger partial charge in [-0.3, -0.25) is 9.78 Å². The van der Waals surface area contributed by atoms with E-state index in [1.165, 1.54) is 0 Å². The fraction of sp³-hybridized carbons (Fsp3) is 0.333. The molecule has 6 nitrogen and oxygen atoms in total. The number of ether oxygens (including phenoxy) is 2. The number of fused-ring (bicyclic) bond motifs is 1. The molecule has 0 spiro atoms. The minimum absolute atomic E-state index is 0.159. The molecule has 6 heteroatoms. The number of aromatic nitrogens is 1. The van der Waals surface area contributed by atoms with E-state index in [0.717, 1.165) is 23.5 Å². The number of pyridine rings is 1. The Balaban J connectivity index is 1.59. The van der Waals surface area contributed by atoms with Crippen LogP contribution in [0.3, 0.4) is 0 Å². The molecule has 0 unspecified atom stereocenters. The lowest BCUT2D eigenvalue weighted by molar-refractivity contribution is 0.0950. The maximum atomic E-state index is 12.3. The summed E-state index contributed by atoms with van der Waals surface area (Å²) < 4.78 is 10.6. The number of amides is 1. The minimum atomic E-state index is -0.159. The van der Waals surface area contributed by atoms with E-state index in [1.807, 2.05) is 24.3 Å². The van der Waals surface area contributed by atoms with Crippen molar-refractivity contribution in [1.29, 1.82) is 0 Å². The smallest absolute Gasteiger partial charge is 0.253 e. The van der Waals surface area contributed by atoms with Crippen molar-refractivity contribution in [3.05, 3.63) is 47.8 Å². The van der Waals surface area contributed by atoms with Crippen LogP contribution in [0.15, 0.2) is 36.7 Å². The molecule has 2 heterocycles. The van der Waals surface area contributed by atoms with E-state index in [0.29, 0.717) is 23.8 Å². The van der Waals surface area contributed by atoms with Gasteiger partial charge < -0.3 is 20.1 Å². The highest BCUT2D eigenvalue weighted by atomic mass is 16.7. The van der Waals surface area contributed by atoms with Crippen LogP contribution in [-0.4, -0.2) is 24.2 Å². The van der Waals surface area contributed by atoms with E-state index in [2.05, 4.69) is 29.5 Å². The van der Waals surface area contributed by atoms with Crippen molar-refractivity contribution >= 4 is 11.6 Å². The molecule has 24 heavy (non-hydrogen) atoms. The van der Waals surface area contributed by atoms with Crippen LogP contribution in [-0.2, 0) is 6.54 Å². The molecule has 0 saturated heterocycles. The molecule has 2 N–H and O–H groups in total. The average Bonchev–Trinajstić information content (AvgIpc) is 3.06. The Hall–Kier alpha value is -2.76. The van der Waals surface area contributed by atoms with Crippen LogP contribution in [0.5, 0.6) is 11.5 Å². The monoisotopic (exact) mass is 327 g/mol. The molecule has 0 bridgehead atoms. The van der Waals surface area contributed by atoms with Crippen molar-refractivity contribution in [2.45, 2.75) is 20.4 Å². The first-order valence-corrected chi connectivity index (χ1v) is 7.97. The van der Waals surface area contributed by atoms with Gasteiger partial charge in [-0.25, -0.2) is 0 Å². The number of carbonyl (C=O) groups is 1. The van der Waals surface area contributed by atoms with E-state index >= 15 is 0 Å². The Morgan fingerprint density at radius 1 is 1.21 bits per heavy atom. The summed E-state index contributed by atoms with van der Waals surface area (Å²) in [5.41, 5.74) is 2.33. The van der Waals surface area contributed by atoms with Crippen LogP contribution < -0.4 is 20.1 Å². The zero-order valence-corrected chi connectivity index (χ0v) is 13.8. The number of hydrogen-bond donors (Lipinski definition) is 2. The molecule has 126 valence electrons. The molecule has 3 rings (SSSR count). The third-order valence-electron chi connectivity index (χ3n) is 3.60. The fourth-order valence-electron chi connectivity index (χ4n) is 2.32. The molecule has 0 saturated carbocycles. The van der Waals surface area contributed by atoms with Gasteiger partial charge >= 0.3 is 0 Å². The summed E-state index contributed by atoms with van der Waals surface area (Å²) in [5, 5.41) is 6.16. The van der Waals surface area contributed by atoms with Crippen LogP contribution >= 0.6 is 0 Å². The molecule has 1 aliphatic heterocycles. The standard InChI is InChI=1S/C18H21N3O3/c1-12(2)7-20-15-6-14(9-19-10-15)18(22)21-8-13-3-4-16-17(5-13)24-11-23-16/h3-6,9-10,12,20H,7-8,11H2,1-2H3,(H,21,22). The molecule has 0 fully saturated rings. The number of rotatable bonds is 6. The molecule has 0 radical (unpaired) electrons. The predicted molar refractivity (Wildman–Crippen MR) is 91.3 cm³/mol. The highest BCUT2D eigenvalue weighted by molar-refractivity contribution is 5.94. The van der Waals surface area contributed by atoms with Crippen molar-refractivity contribution < 1.29 is 14.3 Å². The Morgan fingerprint density at radius 3 is 2.88 bits per heavy atom. The fourth-order valence-corrected chi connectivity index (χ4v) is 2.32. The number of carbonyl (C=O) groups excluding carboxylic acids is 1. The molecule has 0 atom stereocenters. The summed E-state index contributed by atoms with van der Waals surface area (Å²) in [6.45, 7) is 5.75. The summed E-state index contributed by atoms with van der Waals surface area (Å²) >= 11 is 0. The van der Waals surface area contributed by atoms with E-state index < -0.39 is 0 Å². The van der Waals surface area contributed by atoms with E-state index in [9.17, 15) is 4.79 Å². The van der Waals surface area contributed by atoms with Gasteiger partial charge in [-0.2, -0.15) is 0 Å². The molecular weight excluding hydrogens is 306 g/mol. The van der Waals surface area contributed by atoms with Crippen molar-refractivity contribution in [1.82, 2.24) is 10.3 Å². The molecular formula is C18H21N3O3. The van der Waals surface area contributed by atoms with Crippen molar-refractivity contribution in [2.75, 3.05) is 18.7 Å². The summed E-state index contributed by atoms with van der Waals surface area (Å²) in [5.74, 6) is 1.81. The number of nitrogens with one attached hydrogen (secondary N) is 2. The molecule has 1 aliphatic rings. The van der Waals surface area contributed by atoms with Gasteiger partial charge in [0.05, 0.1) is 11.3 Å². The van der Waals surface area contributed by atoms with Crippen LogP contribution in [0, 0.1) is 5.92 Å². The summed E-state index contributed by atoms with van der Waals surface area (Å²) in [7, 11) is 0. The first-order chi connectivity index (χ1) is 11.6. The Morgan fingerprint density at radius 2 is 2.04 bits per heavy atom. The van der Waals surface area contributed by atoms with Gasteiger partial charge in [0, 0.05) is 25.5 Å². The van der Waals surface area contributed by atoms with Crippen molar-refractivity contribution in [3.63, 3.8) is 0 Å². The van der Waals surface area contributed by atoms with Crippen LogP contribution in [0.25, 0.3) is 0 Å². The van der Waals surface area contributed by atoms with E-state index in [4.69, 9.17) is 9.47 Å². The minimum Gasteiger partial charge on any atom is -0.454 e. The second-order valence-corrected chi connectivity index (χ2v) is 6.11. The second-order valence-electron chi connectivity index (χ2n) is 6.11. The first kappa shape index (κ1) is 16.1. The summed E-state index contributed by atoms with van der Waals surface area (Å²) in [6, 6.07) is 7.44. The Kier molecular flexibility index (Phi) is 4.84. The summed E-state index contributed by atoms with van der Waals surface area (Å²) in [4.78, 5) is 16.4. The molecule has 2 aromatic rings. The maximum Gasteiger partial charge on any atom is 0.253 e. The number of nitrogens with zero attached hydrogens (tertiary/aromatic N) is 1. The van der Waals surface area contributed by atoms with Crippen LogP contribution in [0.4, 0.5) is 5.69 Å². The molecule has 1 aromatic carbocycles. The zero-order chi connectivity index (χ0) is 16.9. The second kappa shape index (κ2) is 7.21. The van der Waals surface area contributed by atoms with Gasteiger partial charge in [-0.15, -0.1) is 0 Å². The zero-order valence-electron chi connectivity index (χ0n) is 13.8. The number of hydrogen-bond acceptors (Lipinski definition) is 5.